The maximum Gasteiger partial charge on any atom is 0.239 e. The monoisotopic (exact) mass is 357 g/mol. The van der Waals surface area contributed by atoms with Crippen molar-refractivity contribution in [2.45, 2.75) is 6.04 Å². The molecule has 0 fully saturated rings. The van der Waals surface area contributed by atoms with Gasteiger partial charge in [0.15, 0.2) is 11.5 Å². The van der Waals surface area contributed by atoms with Gasteiger partial charge in [-0.1, -0.05) is 0 Å². The number of nitrogens with one attached hydrogen (secondary N) is 1. The zero-order valence-electron chi connectivity index (χ0n) is 12.2. The van der Waals surface area contributed by atoms with Gasteiger partial charge >= 0.3 is 0 Å². The molecule has 2 rings (SSSR count). The van der Waals surface area contributed by atoms with Gasteiger partial charge in [0.1, 0.15) is 19.3 Å². The van der Waals surface area contributed by atoms with E-state index >= 15 is 0 Å². The summed E-state index contributed by atoms with van der Waals surface area (Å²) >= 11 is 3.45. The third-order valence-corrected chi connectivity index (χ3v) is 3.73. The molecule has 1 aromatic rings. The van der Waals surface area contributed by atoms with Crippen molar-refractivity contribution < 1.29 is 14.3 Å². The number of hydrogen-bond acceptors (Lipinski definition) is 5. The summed E-state index contributed by atoms with van der Waals surface area (Å²) < 4.78 is 11.9. The van der Waals surface area contributed by atoms with Crippen molar-refractivity contribution in [3.05, 3.63) is 22.2 Å². The number of halogens is 1. The molecule has 0 aliphatic carbocycles. The maximum atomic E-state index is 11.7. The number of rotatable bonds is 6. The number of nitrogens with two attached hydrogens (primary N) is 1. The number of benzene rings is 1. The van der Waals surface area contributed by atoms with Crippen molar-refractivity contribution >= 4 is 21.8 Å². The van der Waals surface area contributed by atoms with Crippen LogP contribution in [0.1, 0.15) is 11.6 Å². The SMILES string of the molecule is CN(C)CCNC(C(N)=O)c1cc(Br)c2c(c1)OCCO2. The molecule has 0 spiro atoms. The van der Waals surface area contributed by atoms with Gasteiger partial charge in [-0.05, 0) is 47.7 Å². The van der Waals surface area contributed by atoms with Crippen LogP contribution in [-0.4, -0.2) is 51.2 Å². The van der Waals surface area contributed by atoms with E-state index in [9.17, 15) is 4.79 Å². The molecule has 1 heterocycles. The lowest BCUT2D eigenvalue weighted by Gasteiger charge is -2.23. The van der Waals surface area contributed by atoms with Crippen LogP contribution >= 0.6 is 15.9 Å². The van der Waals surface area contributed by atoms with Gasteiger partial charge in [0.2, 0.25) is 5.91 Å². The lowest BCUT2D eigenvalue weighted by molar-refractivity contribution is -0.120. The van der Waals surface area contributed by atoms with E-state index in [0.717, 1.165) is 16.6 Å². The predicted octanol–water partition coefficient (Wildman–Crippen LogP) is 0.898. The van der Waals surface area contributed by atoms with Crippen LogP contribution < -0.4 is 20.5 Å². The summed E-state index contributed by atoms with van der Waals surface area (Å²) in [6.45, 7) is 2.49. The van der Waals surface area contributed by atoms with Crippen molar-refractivity contribution in [1.29, 1.82) is 0 Å². The smallest absolute Gasteiger partial charge is 0.239 e. The lowest BCUT2D eigenvalue weighted by atomic mass is 10.1. The molecule has 116 valence electrons. The van der Waals surface area contributed by atoms with Crippen LogP contribution in [0.4, 0.5) is 0 Å². The van der Waals surface area contributed by atoms with Crippen molar-refractivity contribution in [1.82, 2.24) is 10.2 Å². The number of amides is 1. The Kier molecular flexibility index (Phi) is 5.44. The Hall–Kier alpha value is -1.31. The zero-order chi connectivity index (χ0) is 15.4. The lowest BCUT2D eigenvalue weighted by Crippen LogP contribution is -2.37. The van der Waals surface area contributed by atoms with E-state index in [0.29, 0.717) is 31.3 Å². The minimum Gasteiger partial charge on any atom is -0.486 e. The Morgan fingerprint density at radius 1 is 1.43 bits per heavy atom. The van der Waals surface area contributed by atoms with Crippen LogP contribution in [-0.2, 0) is 4.79 Å². The second-order valence-corrected chi connectivity index (χ2v) is 5.97. The van der Waals surface area contributed by atoms with Crippen LogP contribution in [0.25, 0.3) is 0 Å². The van der Waals surface area contributed by atoms with E-state index < -0.39 is 11.9 Å². The zero-order valence-corrected chi connectivity index (χ0v) is 13.8. The molecule has 1 atom stereocenters. The highest BCUT2D eigenvalue weighted by atomic mass is 79.9. The van der Waals surface area contributed by atoms with Crippen LogP contribution in [0.15, 0.2) is 16.6 Å². The van der Waals surface area contributed by atoms with Gasteiger partial charge in [0, 0.05) is 13.1 Å². The van der Waals surface area contributed by atoms with Crippen LogP contribution in [0, 0.1) is 0 Å². The van der Waals surface area contributed by atoms with Gasteiger partial charge in [-0.3, -0.25) is 4.79 Å². The molecular weight excluding hydrogens is 338 g/mol. The van der Waals surface area contributed by atoms with E-state index in [4.69, 9.17) is 15.2 Å². The first-order valence-electron chi connectivity index (χ1n) is 6.75. The van der Waals surface area contributed by atoms with Crippen LogP contribution in [0.5, 0.6) is 11.5 Å². The quantitative estimate of drug-likeness (QED) is 0.790. The Balaban J connectivity index is 2.20. The summed E-state index contributed by atoms with van der Waals surface area (Å²) in [6.07, 6.45) is 0. The van der Waals surface area contributed by atoms with Crippen molar-refractivity contribution in [2.75, 3.05) is 40.4 Å². The Morgan fingerprint density at radius 3 is 2.81 bits per heavy atom. The first-order valence-corrected chi connectivity index (χ1v) is 7.55. The number of hydrogen-bond donors (Lipinski definition) is 2. The highest BCUT2D eigenvalue weighted by Crippen LogP contribution is 2.39. The highest BCUT2D eigenvalue weighted by molar-refractivity contribution is 9.10. The summed E-state index contributed by atoms with van der Waals surface area (Å²) in [5.41, 5.74) is 6.27. The molecule has 0 bridgehead atoms. The second-order valence-electron chi connectivity index (χ2n) is 5.12. The van der Waals surface area contributed by atoms with Crippen molar-refractivity contribution in [3.8, 4) is 11.5 Å². The molecule has 6 nitrogen and oxygen atoms in total. The molecule has 7 heteroatoms. The van der Waals surface area contributed by atoms with E-state index in [1.807, 2.05) is 25.1 Å². The van der Waals surface area contributed by atoms with Gasteiger partial charge in [-0.2, -0.15) is 0 Å². The summed E-state index contributed by atoms with van der Waals surface area (Å²) in [6, 6.07) is 3.08. The van der Waals surface area contributed by atoms with E-state index in [1.54, 1.807) is 6.07 Å². The summed E-state index contributed by atoms with van der Waals surface area (Å²) in [5.74, 6) is 0.880. The number of fused-ring (bicyclic) bond motifs is 1. The van der Waals surface area contributed by atoms with E-state index in [1.165, 1.54) is 0 Å². The third-order valence-electron chi connectivity index (χ3n) is 3.14. The molecule has 1 aliphatic rings. The third kappa shape index (κ3) is 4.09. The molecule has 0 saturated carbocycles. The molecule has 0 saturated heterocycles. The Bertz CT molecular complexity index is 522. The molecular formula is C14H20BrN3O3. The largest absolute Gasteiger partial charge is 0.486 e. The number of carbonyl (C=O) groups excluding carboxylic acids is 1. The predicted molar refractivity (Wildman–Crippen MR) is 83.6 cm³/mol. The fourth-order valence-corrected chi connectivity index (χ4v) is 2.69. The van der Waals surface area contributed by atoms with Gasteiger partial charge in [0.25, 0.3) is 0 Å². The average Bonchev–Trinajstić information content (AvgIpc) is 2.43. The fourth-order valence-electron chi connectivity index (χ4n) is 2.11. The normalized spacial score (nSPS) is 15.0. The summed E-state index contributed by atoms with van der Waals surface area (Å²) in [4.78, 5) is 13.7. The molecule has 0 aromatic heterocycles. The van der Waals surface area contributed by atoms with Crippen LogP contribution in [0.2, 0.25) is 0 Å². The minimum atomic E-state index is -0.558. The first-order chi connectivity index (χ1) is 9.99. The molecule has 1 aliphatic heterocycles. The standard InChI is InChI=1S/C14H20BrN3O3/c1-18(2)4-3-17-12(14(16)19)9-7-10(15)13-11(8-9)20-5-6-21-13/h7-8,12,17H,3-6H2,1-2H3,(H2,16,19). The molecule has 1 aromatic carbocycles. The minimum absolute atomic E-state index is 0.419. The number of ether oxygens (including phenoxy) is 2. The average molecular weight is 358 g/mol. The van der Waals surface area contributed by atoms with Gasteiger partial charge in [-0.15, -0.1) is 0 Å². The number of carbonyl (C=O) groups is 1. The summed E-state index contributed by atoms with van der Waals surface area (Å²) in [5, 5.41) is 3.17. The highest BCUT2D eigenvalue weighted by Gasteiger charge is 2.23. The van der Waals surface area contributed by atoms with Gasteiger partial charge in [-0.25, -0.2) is 0 Å². The Labute approximate surface area is 132 Å². The van der Waals surface area contributed by atoms with Crippen LogP contribution in [0.3, 0.4) is 0 Å². The number of likely N-dealkylation sites (N-methyl/N-ethyl adjacent to an activating group) is 1. The maximum absolute atomic E-state index is 11.7. The molecule has 1 amide bonds. The van der Waals surface area contributed by atoms with Gasteiger partial charge < -0.3 is 25.4 Å². The molecule has 21 heavy (non-hydrogen) atoms. The first kappa shape index (κ1) is 16.1. The number of primary amides is 1. The van der Waals surface area contributed by atoms with E-state index in [-0.39, 0.29) is 0 Å². The Morgan fingerprint density at radius 2 is 2.14 bits per heavy atom. The molecule has 3 N–H and O–H groups in total. The number of nitrogens with zero attached hydrogens (tertiary/aromatic N) is 1. The van der Waals surface area contributed by atoms with Crippen molar-refractivity contribution in [3.63, 3.8) is 0 Å². The van der Waals surface area contributed by atoms with Gasteiger partial charge in [0.05, 0.1) is 4.47 Å². The summed E-state index contributed by atoms with van der Waals surface area (Å²) in [7, 11) is 3.95. The van der Waals surface area contributed by atoms with Crippen molar-refractivity contribution in [2.24, 2.45) is 5.73 Å². The second kappa shape index (κ2) is 7.11. The van der Waals surface area contributed by atoms with E-state index in [2.05, 4.69) is 21.2 Å². The molecule has 0 radical (unpaired) electrons. The topological polar surface area (TPSA) is 76.8 Å². The fraction of sp³-hybridized carbons (Fsp3) is 0.500. The molecule has 1 unspecified atom stereocenters.